The van der Waals surface area contributed by atoms with E-state index in [1.807, 2.05) is 37.3 Å². The van der Waals surface area contributed by atoms with Gasteiger partial charge in [-0.1, -0.05) is 42.5 Å². The summed E-state index contributed by atoms with van der Waals surface area (Å²) in [5, 5.41) is 5.22. The highest BCUT2D eigenvalue weighted by Gasteiger charge is 2.12. The van der Waals surface area contributed by atoms with Crippen molar-refractivity contribution in [3.63, 3.8) is 0 Å². The fourth-order valence-corrected chi connectivity index (χ4v) is 2.82. The average molecular weight is 363 g/mol. The van der Waals surface area contributed by atoms with E-state index in [-0.39, 0.29) is 18.6 Å². The van der Waals surface area contributed by atoms with Crippen molar-refractivity contribution in [2.75, 3.05) is 13.7 Å². The van der Waals surface area contributed by atoms with E-state index < -0.39 is 5.97 Å². The Balaban J connectivity index is 1.59. The highest BCUT2D eigenvalue weighted by atomic mass is 16.5. The van der Waals surface area contributed by atoms with Crippen LogP contribution in [-0.2, 0) is 9.53 Å². The summed E-state index contributed by atoms with van der Waals surface area (Å²) in [5.41, 5.74) is 1.40. The van der Waals surface area contributed by atoms with Gasteiger partial charge in [-0.25, -0.2) is 4.79 Å². The molecule has 5 nitrogen and oxygen atoms in total. The molecule has 0 aliphatic heterocycles. The number of nitrogens with one attached hydrogen (secondary N) is 1. The molecule has 0 aromatic heterocycles. The van der Waals surface area contributed by atoms with Crippen LogP contribution in [0.2, 0.25) is 0 Å². The minimum atomic E-state index is -0.449. The van der Waals surface area contributed by atoms with Gasteiger partial charge in [-0.05, 0) is 47.5 Å². The highest BCUT2D eigenvalue weighted by molar-refractivity contribution is 5.89. The van der Waals surface area contributed by atoms with E-state index >= 15 is 0 Å². The van der Waals surface area contributed by atoms with Crippen LogP contribution in [0.25, 0.3) is 10.8 Å². The van der Waals surface area contributed by atoms with Crippen LogP contribution in [0.4, 0.5) is 0 Å². The smallest absolute Gasteiger partial charge is 0.337 e. The molecule has 0 bridgehead atoms. The molecule has 0 aliphatic carbocycles. The number of ether oxygens (including phenoxy) is 2. The molecule has 0 saturated carbocycles. The molecule has 0 radical (unpaired) electrons. The molecule has 0 fully saturated rings. The van der Waals surface area contributed by atoms with Crippen molar-refractivity contribution in [1.29, 1.82) is 0 Å². The second kappa shape index (κ2) is 8.36. The third kappa shape index (κ3) is 4.64. The zero-order chi connectivity index (χ0) is 19.2. The Morgan fingerprint density at radius 2 is 1.74 bits per heavy atom. The summed E-state index contributed by atoms with van der Waals surface area (Å²) < 4.78 is 10.2. The molecule has 27 heavy (non-hydrogen) atoms. The monoisotopic (exact) mass is 363 g/mol. The molecular formula is C22H21NO4. The summed E-state index contributed by atoms with van der Waals surface area (Å²) >= 11 is 0. The van der Waals surface area contributed by atoms with E-state index in [9.17, 15) is 9.59 Å². The highest BCUT2D eigenvalue weighted by Crippen LogP contribution is 2.20. The van der Waals surface area contributed by atoms with Gasteiger partial charge in [0.15, 0.2) is 6.61 Å². The Morgan fingerprint density at radius 3 is 2.52 bits per heavy atom. The second-order valence-corrected chi connectivity index (χ2v) is 6.20. The van der Waals surface area contributed by atoms with Crippen LogP contribution in [0.15, 0.2) is 66.7 Å². The summed E-state index contributed by atoms with van der Waals surface area (Å²) in [4.78, 5) is 23.8. The van der Waals surface area contributed by atoms with Crippen molar-refractivity contribution in [3.05, 3.63) is 77.9 Å². The first-order valence-corrected chi connectivity index (χ1v) is 8.66. The van der Waals surface area contributed by atoms with Gasteiger partial charge in [0.25, 0.3) is 5.91 Å². The Labute approximate surface area is 157 Å². The third-order valence-electron chi connectivity index (χ3n) is 4.28. The molecule has 3 rings (SSSR count). The molecule has 3 aromatic carbocycles. The number of benzene rings is 3. The van der Waals surface area contributed by atoms with E-state index in [2.05, 4.69) is 22.2 Å². The first-order valence-electron chi connectivity index (χ1n) is 8.66. The van der Waals surface area contributed by atoms with E-state index in [0.29, 0.717) is 11.3 Å². The standard InChI is InChI=1S/C22H21NO4/c1-15(17-11-10-16-6-3-4-7-18(16)12-17)23-21(24)14-27-20-9-5-8-19(13-20)22(25)26-2/h3-13,15H,14H2,1-2H3,(H,23,24)/t15-/m0/s1. The van der Waals surface area contributed by atoms with Gasteiger partial charge in [-0.15, -0.1) is 0 Å². The lowest BCUT2D eigenvalue weighted by Gasteiger charge is -2.15. The number of esters is 1. The SMILES string of the molecule is COC(=O)c1cccc(OCC(=O)N[C@@H](C)c2ccc3ccccc3c2)c1. The fourth-order valence-electron chi connectivity index (χ4n) is 2.82. The lowest BCUT2D eigenvalue weighted by Crippen LogP contribution is -2.31. The predicted molar refractivity (Wildman–Crippen MR) is 104 cm³/mol. The Bertz CT molecular complexity index is 967. The third-order valence-corrected chi connectivity index (χ3v) is 4.28. The first kappa shape index (κ1) is 18.5. The van der Waals surface area contributed by atoms with Crippen molar-refractivity contribution in [3.8, 4) is 5.75 Å². The van der Waals surface area contributed by atoms with E-state index in [1.165, 1.54) is 7.11 Å². The topological polar surface area (TPSA) is 64.6 Å². The van der Waals surface area contributed by atoms with E-state index in [4.69, 9.17) is 4.74 Å². The molecule has 138 valence electrons. The molecule has 1 N–H and O–H groups in total. The maximum absolute atomic E-state index is 12.2. The van der Waals surface area contributed by atoms with Gasteiger partial charge in [0, 0.05) is 0 Å². The Hall–Kier alpha value is -3.34. The Kier molecular flexibility index (Phi) is 5.71. The minimum absolute atomic E-state index is 0.136. The van der Waals surface area contributed by atoms with Crippen LogP contribution in [-0.4, -0.2) is 25.6 Å². The molecular weight excluding hydrogens is 342 g/mol. The number of carbonyl (C=O) groups excluding carboxylic acids is 2. The van der Waals surface area contributed by atoms with Gasteiger partial charge in [0.1, 0.15) is 5.75 Å². The van der Waals surface area contributed by atoms with Crippen molar-refractivity contribution < 1.29 is 19.1 Å². The Morgan fingerprint density at radius 1 is 0.963 bits per heavy atom. The van der Waals surface area contributed by atoms with Gasteiger partial charge in [0.05, 0.1) is 18.7 Å². The maximum atomic E-state index is 12.2. The van der Waals surface area contributed by atoms with Crippen LogP contribution in [0, 0.1) is 0 Å². The predicted octanol–water partition coefficient (Wildman–Crippen LogP) is 3.88. The number of rotatable bonds is 6. The van der Waals surface area contributed by atoms with Crippen molar-refractivity contribution in [2.45, 2.75) is 13.0 Å². The fraction of sp³-hybridized carbons (Fsp3) is 0.182. The number of amides is 1. The molecule has 0 saturated heterocycles. The number of hydrogen-bond donors (Lipinski definition) is 1. The largest absolute Gasteiger partial charge is 0.484 e. The zero-order valence-electron chi connectivity index (χ0n) is 15.3. The quantitative estimate of drug-likeness (QED) is 0.675. The average Bonchev–Trinajstić information content (AvgIpc) is 2.71. The normalized spacial score (nSPS) is 11.6. The maximum Gasteiger partial charge on any atom is 0.337 e. The van der Waals surface area contributed by atoms with E-state index in [0.717, 1.165) is 16.3 Å². The van der Waals surface area contributed by atoms with Gasteiger partial charge in [0.2, 0.25) is 0 Å². The van der Waals surface area contributed by atoms with Crippen LogP contribution in [0.1, 0.15) is 28.9 Å². The van der Waals surface area contributed by atoms with E-state index in [1.54, 1.807) is 24.3 Å². The molecule has 0 unspecified atom stereocenters. The molecule has 0 aliphatic rings. The van der Waals surface area contributed by atoms with Gasteiger partial charge in [-0.3, -0.25) is 4.79 Å². The van der Waals surface area contributed by atoms with Gasteiger partial charge in [-0.2, -0.15) is 0 Å². The number of fused-ring (bicyclic) bond motifs is 1. The van der Waals surface area contributed by atoms with Crippen molar-refractivity contribution in [1.82, 2.24) is 5.32 Å². The van der Waals surface area contributed by atoms with Crippen molar-refractivity contribution in [2.24, 2.45) is 0 Å². The summed E-state index contributed by atoms with van der Waals surface area (Å²) in [6, 6.07) is 20.6. The molecule has 5 heteroatoms. The lowest BCUT2D eigenvalue weighted by atomic mass is 10.0. The first-order chi connectivity index (χ1) is 13.1. The van der Waals surface area contributed by atoms with Gasteiger partial charge < -0.3 is 14.8 Å². The summed E-state index contributed by atoms with van der Waals surface area (Å²) in [6.07, 6.45) is 0. The summed E-state index contributed by atoms with van der Waals surface area (Å²) in [6.45, 7) is 1.79. The summed E-state index contributed by atoms with van der Waals surface area (Å²) in [7, 11) is 1.32. The van der Waals surface area contributed by atoms with Crippen molar-refractivity contribution >= 4 is 22.6 Å². The molecule has 0 heterocycles. The molecule has 1 atom stereocenters. The molecule has 0 spiro atoms. The van der Waals surface area contributed by atoms with Gasteiger partial charge >= 0.3 is 5.97 Å². The number of hydrogen-bond acceptors (Lipinski definition) is 4. The minimum Gasteiger partial charge on any atom is -0.484 e. The number of methoxy groups -OCH3 is 1. The number of carbonyl (C=O) groups is 2. The lowest BCUT2D eigenvalue weighted by molar-refractivity contribution is -0.123. The van der Waals surface area contributed by atoms with Crippen LogP contribution in [0.5, 0.6) is 5.75 Å². The van der Waals surface area contributed by atoms with Crippen LogP contribution >= 0.6 is 0 Å². The zero-order valence-corrected chi connectivity index (χ0v) is 15.3. The molecule has 1 amide bonds. The summed E-state index contributed by atoms with van der Waals surface area (Å²) in [5.74, 6) is -0.250. The molecule has 3 aromatic rings. The second-order valence-electron chi connectivity index (χ2n) is 6.20. The van der Waals surface area contributed by atoms with Crippen LogP contribution < -0.4 is 10.1 Å². The van der Waals surface area contributed by atoms with Crippen LogP contribution in [0.3, 0.4) is 0 Å².